The number of hydrogen-bond acceptors (Lipinski definition) is 3. The maximum atomic E-state index is 11.1. The highest BCUT2D eigenvalue weighted by atomic mass is 31.1. The van der Waals surface area contributed by atoms with E-state index in [1.807, 2.05) is 6.92 Å². The van der Waals surface area contributed by atoms with Crippen molar-refractivity contribution in [3.8, 4) is 0 Å². The van der Waals surface area contributed by atoms with Crippen LogP contribution < -0.4 is 0 Å². The van der Waals surface area contributed by atoms with Crippen molar-refractivity contribution >= 4 is 14.5 Å². The number of rotatable bonds is 7. The minimum Gasteiger partial charge on any atom is -0.297 e. The molecule has 0 fully saturated rings. The molecule has 4 heteroatoms. The van der Waals surface area contributed by atoms with Crippen LogP contribution in [-0.2, 0) is 13.9 Å². The number of unbranched alkanes of at least 4 members (excludes halogenated alkanes) is 1. The first kappa shape index (κ1) is 11.7. The van der Waals surface area contributed by atoms with E-state index in [0.29, 0.717) is 12.8 Å². The number of ketones is 1. The second-order valence-electron chi connectivity index (χ2n) is 2.63. The van der Waals surface area contributed by atoms with Crippen molar-refractivity contribution in [3.05, 3.63) is 0 Å². The van der Waals surface area contributed by atoms with Gasteiger partial charge in [-0.05, 0) is 6.42 Å². The molecular weight excluding hydrogens is 175 g/mol. The average molecular weight is 190 g/mol. The molecule has 0 aliphatic heterocycles. The molecule has 0 aliphatic rings. The van der Waals surface area contributed by atoms with Crippen molar-refractivity contribution in [3.63, 3.8) is 0 Å². The molecule has 0 saturated heterocycles. The quantitative estimate of drug-likeness (QED) is 0.579. The lowest BCUT2D eigenvalue weighted by Gasteiger charge is -2.09. The summed E-state index contributed by atoms with van der Waals surface area (Å²) in [6.45, 7) is 3.83. The summed E-state index contributed by atoms with van der Waals surface area (Å²) in [4.78, 5) is 11.1. The van der Waals surface area contributed by atoms with Gasteiger partial charge in [0.1, 0.15) is 6.10 Å². The van der Waals surface area contributed by atoms with Gasteiger partial charge in [0.05, 0.1) is 0 Å². The molecule has 0 bridgehead atoms. The van der Waals surface area contributed by atoms with E-state index in [4.69, 9.17) is 4.52 Å². The molecular formula is C8H15O3P. The fraction of sp³-hybridized carbons (Fsp3) is 0.875. The van der Waals surface area contributed by atoms with Crippen LogP contribution in [0.1, 0.15) is 39.5 Å². The summed E-state index contributed by atoms with van der Waals surface area (Å²) >= 11 is 0. The first-order valence-corrected chi connectivity index (χ1v) is 5.00. The van der Waals surface area contributed by atoms with E-state index in [1.165, 1.54) is 0 Å². The van der Waals surface area contributed by atoms with E-state index in [0.717, 1.165) is 12.8 Å². The van der Waals surface area contributed by atoms with Crippen molar-refractivity contribution in [1.82, 2.24) is 0 Å². The lowest BCUT2D eigenvalue weighted by molar-refractivity contribution is -0.125. The molecule has 0 spiro atoms. The summed E-state index contributed by atoms with van der Waals surface area (Å²) in [7, 11) is -0.396. The van der Waals surface area contributed by atoms with Gasteiger partial charge in [-0.1, -0.05) is 26.7 Å². The highest BCUT2D eigenvalue weighted by molar-refractivity contribution is 7.17. The van der Waals surface area contributed by atoms with Gasteiger partial charge in [-0.15, -0.1) is 0 Å². The van der Waals surface area contributed by atoms with Crippen LogP contribution in [0, 0.1) is 0 Å². The van der Waals surface area contributed by atoms with Gasteiger partial charge < -0.3 is 0 Å². The normalized spacial score (nSPS) is 13.2. The highest BCUT2D eigenvalue weighted by Crippen LogP contribution is 2.12. The van der Waals surface area contributed by atoms with Crippen molar-refractivity contribution in [2.75, 3.05) is 0 Å². The molecule has 0 saturated carbocycles. The summed E-state index contributed by atoms with van der Waals surface area (Å²) < 4.78 is 14.9. The van der Waals surface area contributed by atoms with E-state index >= 15 is 0 Å². The van der Waals surface area contributed by atoms with Crippen LogP contribution >= 0.6 is 8.69 Å². The molecule has 0 rings (SSSR count). The Bertz CT molecular complexity index is 147. The molecule has 3 nitrogen and oxygen atoms in total. The number of hydrogen-bond donors (Lipinski definition) is 0. The van der Waals surface area contributed by atoms with Crippen LogP contribution in [0.15, 0.2) is 0 Å². The third kappa shape index (κ3) is 4.58. The third-order valence-electron chi connectivity index (χ3n) is 1.70. The first-order chi connectivity index (χ1) is 5.76. The lowest BCUT2D eigenvalue weighted by atomic mass is 10.1. The van der Waals surface area contributed by atoms with E-state index < -0.39 is 14.8 Å². The molecule has 0 radical (unpaired) electrons. The predicted molar refractivity (Wildman–Crippen MR) is 47.3 cm³/mol. The van der Waals surface area contributed by atoms with Crippen LogP contribution in [0.25, 0.3) is 0 Å². The van der Waals surface area contributed by atoms with E-state index in [1.54, 1.807) is 6.92 Å². The van der Waals surface area contributed by atoms with Gasteiger partial charge in [-0.25, -0.2) is 4.57 Å². The largest absolute Gasteiger partial charge is 0.328 e. The second kappa shape index (κ2) is 7.38. The molecule has 0 aromatic heterocycles. The monoisotopic (exact) mass is 190 g/mol. The smallest absolute Gasteiger partial charge is 0.297 e. The van der Waals surface area contributed by atoms with E-state index in [-0.39, 0.29) is 5.78 Å². The standard InChI is InChI=1S/C8H15O3P/c1-3-5-6-8(11-12-10)7(9)4-2/h8H,3-6H2,1-2H3. The van der Waals surface area contributed by atoms with Crippen LogP contribution in [0.4, 0.5) is 0 Å². The van der Waals surface area contributed by atoms with E-state index in [9.17, 15) is 9.36 Å². The zero-order valence-corrected chi connectivity index (χ0v) is 8.47. The number of carbonyl (C=O) groups is 1. The van der Waals surface area contributed by atoms with Crippen LogP contribution in [0.5, 0.6) is 0 Å². The number of Topliss-reactive ketones (excluding diaryl/α,β-unsaturated/α-hetero) is 1. The summed E-state index contributed by atoms with van der Waals surface area (Å²) in [5.41, 5.74) is 0. The summed E-state index contributed by atoms with van der Waals surface area (Å²) in [6, 6.07) is 0. The Morgan fingerprint density at radius 2 is 2.17 bits per heavy atom. The molecule has 1 atom stereocenters. The lowest BCUT2D eigenvalue weighted by Crippen LogP contribution is -2.20. The van der Waals surface area contributed by atoms with E-state index in [2.05, 4.69) is 0 Å². The molecule has 0 aromatic carbocycles. The highest BCUT2D eigenvalue weighted by Gasteiger charge is 2.16. The Morgan fingerprint density at radius 1 is 1.50 bits per heavy atom. The summed E-state index contributed by atoms with van der Waals surface area (Å²) in [5, 5.41) is 0. The fourth-order valence-electron chi connectivity index (χ4n) is 0.942. The molecule has 0 aromatic rings. The van der Waals surface area contributed by atoms with Crippen molar-refractivity contribution in [2.24, 2.45) is 0 Å². The van der Waals surface area contributed by atoms with Gasteiger partial charge in [0.25, 0.3) is 0 Å². The molecule has 70 valence electrons. The maximum Gasteiger partial charge on any atom is 0.328 e. The number of carbonyl (C=O) groups excluding carboxylic acids is 1. The molecule has 12 heavy (non-hydrogen) atoms. The molecule has 0 N–H and O–H groups in total. The Morgan fingerprint density at radius 3 is 2.58 bits per heavy atom. The van der Waals surface area contributed by atoms with Gasteiger partial charge in [0.15, 0.2) is 5.78 Å². The van der Waals surface area contributed by atoms with Crippen LogP contribution in [-0.4, -0.2) is 11.9 Å². The van der Waals surface area contributed by atoms with Crippen LogP contribution in [0.2, 0.25) is 0 Å². The third-order valence-corrected chi connectivity index (χ3v) is 2.04. The second-order valence-corrected chi connectivity index (χ2v) is 2.99. The van der Waals surface area contributed by atoms with Crippen molar-refractivity contribution in [2.45, 2.75) is 45.6 Å². The SMILES string of the molecule is CCCCC(OP=O)C(=O)CC. The van der Waals surface area contributed by atoms with Gasteiger partial charge in [0.2, 0.25) is 0 Å². The maximum absolute atomic E-state index is 11.1. The molecule has 0 amide bonds. The fourth-order valence-corrected chi connectivity index (χ4v) is 1.27. The summed E-state index contributed by atoms with van der Waals surface area (Å²) in [6.07, 6.45) is 2.62. The molecule has 0 aliphatic carbocycles. The summed E-state index contributed by atoms with van der Waals surface area (Å²) in [5.74, 6) is 0.0341. The van der Waals surface area contributed by atoms with Crippen molar-refractivity contribution in [1.29, 1.82) is 0 Å². The zero-order valence-electron chi connectivity index (χ0n) is 7.58. The average Bonchev–Trinajstić information content (AvgIpc) is 2.11. The molecule has 1 unspecified atom stereocenters. The predicted octanol–water partition coefficient (Wildman–Crippen LogP) is 2.75. The van der Waals surface area contributed by atoms with Gasteiger partial charge >= 0.3 is 8.69 Å². The van der Waals surface area contributed by atoms with Gasteiger partial charge in [0, 0.05) is 6.42 Å². The minimum atomic E-state index is -0.464. The van der Waals surface area contributed by atoms with Crippen molar-refractivity contribution < 1.29 is 13.9 Å². The Balaban J connectivity index is 3.84. The minimum absolute atomic E-state index is 0.0341. The topological polar surface area (TPSA) is 43.4 Å². The van der Waals surface area contributed by atoms with Gasteiger partial charge in [-0.2, -0.15) is 0 Å². The first-order valence-electron chi connectivity index (χ1n) is 4.27. The Hall–Kier alpha value is -0.270. The van der Waals surface area contributed by atoms with Crippen LogP contribution in [0.3, 0.4) is 0 Å². The Labute approximate surface area is 74.8 Å². The zero-order chi connectivity index (χ0) is 9.40. The Kier molecular flexibility index (Phi) is 7.22. The van der Waals surface area contributed by atoms with Gasteiger partial charge in [-0.3, -0.25) is 9.32 Å². The molecule has 0 heterocycles.